The van der Waals surface area contributed by atoms with E-state index in [0.29, 0.717) is 17.8 Å². The normalized spacial score (nSPS) is 13.5. The van der Waals surface area contributed by atoms with Gasteiger partial charge in [-0.05, 0) is 30.7 Å². The minimum absolute atomic E-state index is 0.192. The van der Waals surface area contributed by atoms with Crippen molar-refractivity contribution < 1.29 is 12.9 Å². The lowest BCUT2D eigenvalue weighted by molar-refractivity contribution is 0.355. The highest BCUT2D eigenvalue weighted by Crippen LogP contribution is 2.26. The highest BCUT2D eigenvalue weighted by molar-refractivity contribution is 7.88. The van der Waals surface area contributed by atoms with Crippen molar-refractivity contribution in [3.63, 3.8) is 0 Å². The maximum absolute atomic E-state index is 12.9. The zero-order valence-corrected chi connectivity index (χ0v) is 14.4. The summed E-state index contributed by atoms with van der Waals surface area (Å²) in [5, 5.41) is 4.66. The fourth-order valence-corrected chi connectivity index (χ4v) is 4.52. The number of pyridine rings is 1. The second kappa shape index (κ2) is 6.70. The molecule has 0 aliphatic heterocycles. The minimum Gasteiger partial charge on any atom is -0.356 e. The third-order valence-corrected chi connectivity index (χ3v) is 5.97. The van der Waals surface area contributed by atoms with Crippen LogP contribution in [0.4, 0.5) is 0 Å². The molecular weight excluding hydrogens is 326 g/mol. The first-order chi connectivity index (χ1) is 11.5. The Morgan fingerprint density at radius 2 is 2.00 bits per heavy atom. The molecule has 0 bridgehead atoms. The quantitative estimate of drug-likeness (QED) is 0.686. The summed E-state index contributed by atoms with van der Waals surface area (Å²) in [6.45, 7) is 4.05. The average Bonchev–Trinajstić information content (AvgIpc) is 2.98. The van der Waals surface area contributed by atoms with Gasteiger partial charge < -0.3 is 4.52 Å². The van der Waals surface area contributed by atoms with E-state index in [9.17, 15) is 8.42 Å². The molecule has 126 valence electrons. The Bertz CT molecular complexity index is 922. The van der Waals surface area contributed by atoms with Gasteiger partial charge in [0.05, 0.1) is 0 Å². The summed E-state index contributed by atoms with van der Waals surface area (Å²) < 4.78 is 32.5. The Hall–Kier alpha value is -2.25. The predicted molar refractivity (Wildman–Crippen MR) is 91.7 cm³/mol. The zero-order chi connectivity index (χ0) is 17.2. The van der Waals surface area contributed by atoms with E-state index >= 15 is 0 Å². The van der Waals surface area contributed by atoms with Crippen molar-refractivity contribution in [3.05, 3.63) is 60.0 Å². The lowest BCUT2D eigenvalue weighted by Gasteiger charge is -2.27. The Labute approximate surface area is 141 Å². The van der Waals surface area contributed by atoms with E-state index in [0.717, 1.165) is 10.9 Å². The number of hydrogen-bond donors (Lipinski definition) is 0. The molecule has 3 aromatic rings. The van der Waals surface area contributed by atoms with Gasteiger partial charge in [-0.2, -0.15) is 4.31 Å². The van der Waals surface area contributed by atoms with Crippen LogP contribution in [-0.2, 0) is 15.8 Å². The highest BCUT2D eigenvalue weighted by Gasteiger charge is 2.29. The van der Waals surface area contributed by atoms with E-state index in [1.54, 1.807) is 24.5 Å². The van der Waals surface area contributed by atoms with E-state index in [-0.39, 0.29) is 11.8 Å². The molecule has 0 spiro atoms. The summed E-state index contributed by atoms with van der Waals surface area (Å²) in [6.07, 6.45) is 3.36. The van der Waals surface area contributed by atoms with Crippen LogP contribution in [0.3, 0.4) is 0 Å². The summed E-state index contributed by atoms with van der Waals surface area (Å²) in [5.74, 6) is -0.192. The molecule has 24 heavy (non-hydrogen) atoms. The van der Waals surface area contributed by atoms with Crippen molar-refractivity contribution in [1.82, 2.24) is 14.4 Å². The van der Waals surface area contributed by atoms with Crippen molar-refractivity contribution in [2.24, 2.45) is 0 Å². The molecule has 2 aromatic heterocycles. The predicted octanol–water partition coefficient (Wildman–Crippen LogP) is 3.14. The Morgan fingerprint density at radius 1 is 1.21 bits per heavy atom. The Balaban J connectivity index is 1.90. The molecule has 0 N–H and O–H groups in total. The third-order valence-electron chi connectivity index (χ3n) is 4.04. The fourth-order valence-electron chi connectivity index (χ4n) is 2.80. The lowest BCUT2D eigenvalue weighted by atomic mass is 10.1. The molecule has 0 amide bonds. The number of fused-ring (bicyclic) bond motifs is 1. The van der Waals surface area contributed by atoms with Crippen molar-refractivity contribution in [3.8, 4) is 0 Å². The summed E-state index contributed by atoms with van der Waals surface area (Å²) in [7, 11) is -3.55. The maximum atomic E-state index is 12.9. The number of nitrogens with zero attached hydrogens (tertiary/aromatic N) is 3. The number of aromatic nitrogens is 2. The van der Waals surface area contributed by atoms with Crippen LogP contribution >= 0.6 is 0 Å². The number of sulfonamides is 1. The van der Waals surface area contributed by atoms with Crippen molar-refractivity contribution in [2.45, 2.75) is 25.6 Å². The Kier molecular flexibility index (Phi) is 4.64. The Morgan fingerprint density at radius 3 is 2.71 bits per heavy atom. The molecule has 6 nitrogen and oxygen atoms in total. The molecule has 1 atom stereocenters. The number of benzene rings is 1. The second-order valence-electron chi connectivity index (χ2n) is 5.55. The van der Waals surface area contributed by atoms with Gasteiger partial charge in [0.1, 0.15) is 11.4 Å². The SMILES string of the molecule is CCN([C@H](C)c1cccnc1)S(=O)(=O)Cc1noc2ccccc12. The summed E-state index contributed by atoms with van der Waals surface area (Å²) >= 11 is 0. The molecule has 0 aliphatic carbocycles. The first-order valence-electron chi connectivity index (χ1n) is 7.75. The number of rotatable bonds is 6. The topological polar surface area (TPSA) is 76.3 Å². The van der Waals surface area contributed by atoms with E-state index < -0.39 is 10.0 Å². The number of para-hydroxylation sites is 1. The highest BCUT2D eigenvalue weighted by atomic mass is 32.2. The fraction of sp³-hybridized carbons (Fsp3) is 0.294. The van der Waals surface area contributed by atoms with E-state index in [1.165, 1.54) is 4.31 Å². The van der Waals surface area contributed by atoms with Crippen LogP contribution in [0.1, 0.15) is 31.1 Å². The van der Waals surface area contributed by atoms with Crippen LogP contribution < -0.4 is 0 Å². The molecule has 0 fully saturated rings. The standard InChI is InChI=1S/C17H19N3O3S/c1-3-20(13(2)14-7-6-10-18-11-14)24(21,22)12-16-15-8-4-5-9-17(15)23-19-16/h4-11,13H,3,12H2,1-2H3/t13-/m1/s1. The van der Waals surface area contributed by atoms with Crippen molar-refractivity contribution in [1.29, 1.82) is 0 Å². The molecule has 0 unspecified atom stereocenters. The first-order valence-corrected chi connectivity index (χ1v) is 9.36. The molecule has 1 aromatic carbocycles. The van der Waals surface area contributed by atoms with Gasteiger partial charge in [0.15, 0.2) is 5.58 Å². The summed E-state index contributed by atoms with van der Waals surface area (Å²) in [4.78, 5) is 4.07. The van der Waals surface area contributed by atoms with Crippen LogP contribution in [0.25, 0.3) is 11.0 Å². The lowest BCUT2D eigenvalue weighted by Crippen LogP contribution is -2.34. The van der Waals surface area contributed by atoms with Gasteiger partial charge in [0, 0.05) is 30.4 Å². The van der Waals surface area contributed by atoms with Crippen LogP contribution in [0.2, 0.25) is 0 Å². The zero-order valence-electron chi connectivity index (χ0n) is 13.6. The minimum atomic E-state index is -3.55. The summed E-state index contributed by atoms with van der Waals surface area (Å²) in [6, 6.07) is 10.6. The molecule has 0 saturated heterocycles. The molecule has 0 aliphatic rings. The molecule has 0 radical (unpaired) electrons. The van der Waals surface area contributed by atoms with Crippen molar-refractivity contribution in [2.75, 3.05) is 6.54 Å². The van der Waals surface area contributed by atoms with Gasteiger partial charge in [-0.3, -0.25) is 4.98 Å². The van der Waals surface area contributed by atoms with Gasteiger partial charge in [-0.15, -0.1) is 0 Å². The molecule has 2 heterocycles. The average molecular weight is 345 g/mol. The van der Waals surface area contributed by atoms with Crippen molar-refractivity contribution >= 4 is 21.0 Å². The largest absolute Gasteiger partial charge is 0.356 e. The molecule has 7 heteroatoms. The molecule has 3 rings (SSSR count). The molecular formula is C17H19N3O3S. The monoisotopic (exact) mass is 345 g/mol. The van der Waals surface area contributed by atoms with Gasteiger partial charge in [0.25, 0.3) is 0 Å². The van der Waals surface area contributed by atoms with E-state index in [2.05, 4.69) is 10.1 Å². The van der Waals surface area contributed by atoms with E-state index in [1.807, 2.05) is 38.1 Å². The van der Waals surface area contributed by atoms with Gasteiger partial charge in [-0.25, -0.2) is 8.42 Å². The van der Waals surface area contributed by atoms with Crippen LogP contribution in [0.5, 0.6) is 0 Å². The van der Waals surface area contributed by atoms with Crippen LogP contribution in [-0.4, -0.2) is 29.4 Å². The summed E-state index contributed by atoms with van der Waals surface area (Å²) in [5.41, 5.74) is 1.88. The van der Waals surface area contributed by atoms with E-state index in [4.69, 9.17) is 4.52 Å². The maximum Gasteiger partial charge on any atom is 0.220 e. The van der Waals surface area contributed by atoms with Crippen LogP contribution in [0.15, 0.2) is 53.3 Å². The number of hydrogen-bond acceptors (Lipinski definition) is 5. The third kappa shape index (κ3) is 3.18. The smallest absolute Gasteiger partial charge is 0.220 e. The van der Waals surface area contributed by atoms with Gasteiger partial charge >= 0.3 is 0 Å². The van der Waals surface area contributed by atoms with Gasteiger partial charge in [-0.1, -0.05) is 30.3 Å². The van der Waals surface area contributed by atoms with Gasteiger partial charge in [0.2, 0.25) is 10.0 Å². The van der Waals surface area contributed by atoms with Crippen LogP contribution in [0, 0.1) is 0 Å². The molecule has 0 saturated carbocycles. The first kappa shape index (κ1) is 16.6. The second-order valence-corrected chi connectivity index (χ2v) is 7.47.